The Morgan fingerprint density at radius 1 is 1.44 bits per heavy atom. The van der Waals surface area contributed by atoms with Gasteiger partial charge < -0.3 is 0 Å². The molecule has 0 bridgehead atoms. The fourth-order valence-corrected chi connectivity index (χ4v) is 2.68. The molecular formula is C11H9N3OS. The number of pyridine rings is 1. The van der Waals surface area contributed by atoms with Gasteiger partial charge in [-0.05, 0) is 18.2 Å². The van der Waals surface area contributed by atoms with Crippen LogP contribution < -0.4 is 14.9 Å². The summed E-state index contributed by atoms with van der Waals surface area (Å²) in [6.45, 7) is 1.44. The summed E-state index contributed by atoms with van der Waals surface area (Å²) in [5.41, 5.74) is 0.854. The normalized spacial score (nSPS) is 14.9. The topological polar surface area (TPSA) is 47.2 Å². The van der Waals surface area contributed by atoms with Crippen LogP contribution in [0.2, 0.25) is 0 Å². The SMILES string of the molecule is O=c1/c(=C/c2ccccn2)sc2n1CCN=2. The van der Waals surface area contributed by atoms with Gasteiger partial charge in [0.05, 0.1) is 16.8 Å². The maximum absolute atomic E-state index is 11.9. The molecule has 2 aromatic rings. The second kappa shape index (κ2) is 3.68. The summed E-state index contributed by atoms with van der Waals surface area (Å²) < 4.78 is 2.43. The van der Waals surface area contributed by atoms with Crippen LogP contribution in [0.4, 0.5) is 0 Å². The molecule has 3 heterocycles. The van der Waals surface area contributed by atoms with Crippen LogP contribution in [-0.2, 0) is 6.54 Å². The Hall–Kier alpha value is -1.75. The number of aromatic nitrogens is 2. The third-order valence-electron chi connectivity index (χ3n) is 2.43. The Balaban J connectivity index is 2.22. The average Bonchev–Trinajstić information content (AvgIpc) is 2.86. The first-order chi connectivity index (χ1) is 7.84. The molecule has 0 spiro atoms. The van der Waals surface area contributed by atoms with Crippen molar-refractivity contribution in [2.75, 3.05) is 6.54 Å². The molecule has 0 radical (unpaired) electrons. The van der Waals surface area contributed by atoms with E-state index in [1.807, 2.05) is 24.3 Å². The minimum absolute atomic E-state index is 0.0481. The Labute approximate surface area is 95.2 Å². The number of thiazole rings is 1. The van der Waals surface area contributed by atoms with Crippen LogP contribution in [0.25, 0.3) is 6.08 Å². The van der Waals surface area contributed by atoms with Gasteiger partial charge in [-0.1, -0.05) is 17.4 Å². The van der Waals surface area contributed by atoms with E-state index in [4.69, 9.17) is 0 Å². The van der Waals surface area contributed by atoms with E-state index in [0.717, 1.165) is 17.0 Å². The zero-order valence-corrected chi connectivity index (χ0v) is 9.28. The van der Waals surface area contributed by atoms with Gasteiger partial charge in [0.25, 0.3) is 5.56 Å². The van der Waals surface area contributed by atoms with Gasteiger partial charge in [-0.15, -0.1) is 0 Å². The maximum Gasteiger partial charge on any atom is 0.270 e. The first-order valence-electron chi connectivity index (χ1n) is 5.01. The summed E-state index contributed by atoms with van der Waals surface area (Å²) in [4.78, 5) is 21.2. The van der Waals surface area contributed by atoms with Crippen LogP contribution in [0.5, 0.6) is 0 Å². The lowest BCUT2D eigenvalue weighted by Crippen LogP contribution is -2.29. The van der Waals surface area contributed by atoms with Crippen molar-refractivity contribution in [3.63, 3.8) is 0 Å². The van der Waals surface area contributed by atoms with E-state index < -0.39 is 0 Å². The largest absolute Gasteiger partial charge is 0.282 e. The second-order valence-electron chi connectivity index (χ2n) is 3.49. The summed E-state index contributed by atoms with van der Waals surface area (Å²) in [5.74, 6) is 0. The fourth-order valence-electron chi connectivity index (χ4n) is 1.66. The number of hydrogen-bond donors (Lipinski definition) is 0. The molecule has 3 rings (SSSR count). The van der Waals surface area contributed by atoms with E-state index in [-0.39, 0.29) is 5.56 Å². The van der Waals surface area contributed by atoms with Gasteiger partial charge in [0.2, 0.25) is 0 Å². The molecule has 0 amide bonds. The van der Waals surface area contributed by atoms with Gasteiger partial charge in [-0.2, -0.15) is 0 Å². The third-order valence-corrected chi connectivity index (χ3v) is 3.47. The van der Waals surface area contributed by atoms with Crippen LogP contribution in [0.3, 0.4) is 0 Å². The van der Waals surface area contributed by atoms with Crippen LogP contribution in [0.1, 0.15) is 5.69 Å². The molecule has 0 saturated heterocycles. The maximum atomic E-state index is 11.9. The van der Waals surface area contributed by atoms with Gasteiger partial charge in [-0.25, -0.2) is 0 Å². The number of hydrogen-bond acceptors (Lipinski definition) is 4. The standard InChI is InChI=1S/C11H9N3OS/c15-10-9(7-8-3-1-2-4-12-8)16-11-13-5-6-14(10)11/h1-4,7H,5-6H2/b9-7-. The highest BCUT2D eigenvalue weighted by atomic mass is 32.1. The van der Waals surface area contributed by atoms with Crippen molar-refractivity contribution < 1.29 is 0 Å². The molecule has 0 atom stereocenters. The summed E-state index contributed by atoms with van der Waals surface area (Å²) in [6.07, 6.45) is 3.53. The van der Waals surface area contributed by atoms with Gasteiger partial charge in [0.1, 0.15) is 0 Å². The molecule has 1 aliphatic rings. The van der Waals surface area contributed by atoms with E-state index in [9.17, 15) is 4.79 Å². The molecule has 2 aromatic heterocycles. The van der Waals surface area contributed by atoms with Gasteiger partial charge in [0, 0.05) is 12.7 Å². The highest BCUT2D eigenvalue weighted by Gasteiger charge is 2.09. The number of rotatable bonds is 1. The molecule has 0 aliphatic carbocycles. The molecule has 0 saturated carbocycles. The lowest BCUT2D eigenvalue weighted by atomic mass is 10.3. The van der Waals surface area contributed by atoms with Gasteiger partial charge >= 0.3 is 0 Å². The van der Waals surface area contributed by atoms with Crippen LogP contribution in [0, 0.1) is 0 Å². The monoisotopic (exact) mass is 231 g/mol. The average molecular weight is 231 g/mol. The second-order valence-corrected chi connectivity index (χ2v) is 4.50. The zero-order chi connectivity index (χ0) is 11.0. The fraction of sp³-hybridized carbons (Fsp3) is 0.182. The Morgan fingerprint density at radius 2 is 2.38 bits per heavy atom. The van der Waals surface area contributed by atoms with Crippen LogP contribution >= 0.6 is 11.3 Å². The van der Waals surface area contributed by atoms with E-state index in [1.54, 1.807) is 10.8 Å². The lowest BCUT2D eigenvalue weighted by Gasteiger charge is -1.88. The van der Waals surface area contributed by atoms with Crippen LogP contribution in [-0.4, -0.2) is 16.1 Å². The molecule has 80 valence electrons. The van der Waals surface area contributed by atoms with Crippen molar-refractivity contribution in [1.29, 1.82) is 0 Å². The van der Waals surface area contributed by atoms with E-state index in [0.29, 0.717) is 11.1 Å². The minimum atomic E-state index is 0.0481. The summed E-state index contributed by atoms with van der Waals surface area (Å²) in [6, 6.07) is 5.64. The molecule has 4 nitrogen and oxygen atoms in total. The first kappa shape index (κ1) is 9.47. The molecule has 0 N–H and O–H groups in total. The molecule has 5 heteroatoms. The van der Waals surface area contributed by atoms with Crippen molar-refractivity contribution >= 4 is 17.4 Å². The number of fused-ring (bicyclic) bond motifs is 1. The predicted octanol–water partition coefficient (Wildman–Crippen LogP) is -0.233. The van der Waals surface area contributed by atoms with Crippen molar-refractivity contribution in [3.8, 4) is 0 Å². The summed E-state index contributed by atoms with van der Waals surface area (Å²) in [7, 11) is 0. The van der Waals surface area contributed by atoms with Crippen molar-refractivity contribution in [2.24, 2.45) is 4.99 Å². The highest BCUT2D eigenvalue weighted by molar-refractivity contribution is 7.07. The molecular weight excluding hydrogens is 222 g/mol. The molecule has 0 unspecified atom stereocenters. The Kier molecular flexibility index (Phi) is 2.18. The summed E-state index contributed by atoms with van der Waals surface area (Å²) >= 11 is 1.43. The number of nitrogens with zero attached hydrogens (tertiary/aromatic N) is 3. The van der Waals surface area contributed by atoms with Crippen molar-refractivity contribution in [2.45, 2.75) is 6.54 Å². The summed E-state index contributed by atoms with van der Waals surface area (Å²) in [5, 5.41) is 0. The minimum Gasteiger partial charge on any atom is -0.282 e. The van der Waals surface area contributed by atoms with Crippen molar-refractivity contribution in [1.82, 2.24) is 9.55 Å². The Bertz CT molecular complexity index is 684. The third kappa shape index (κ3) is 1.49. The van der Waals surface area contributed by atoms with Gasteiger partial charge in [0.15, 0.2) is 4.80 Å². The molecule has 16 heavy (non-hydrogen) atoms. The molecule has 1 aliphatic heterocycles. The lowest BCUT2D eigenvalue weighted by molar-refractivity contribution is 0.740. The zero-order valence-electron chi connectivity index (χ0n) is 8.46. The molecule has 0 aromatic carbocycles. The highest BCUT2D eigenvalue weighted by Crippen LogP contribution is 1.94. The van der Waals surface area contributed by atoms with Crippen LogP contribution in [0.15, 0.2) is 34.2 Å². The predicted molar refractivity (Wildman–Crippen MR) is 62.0 cm³/mol. The van der Waals surface area contributed by atoms with E-state index in [1.165, 1.54) is 11.3 Å². The smallest absolute Gasteiger partial charge is 0.270 e. The van der Waals surface area contributed by atoms with Gasteiger partial charge in [-0.3, -0.25) is 19.3 Å². The van der Waals surface area contributed by atoms with E-state index >= 15 is 0 Å². The molecule has 0 fully saturated rings. The first-order valence-corrected chi connectivity index (χ1v) is 5.83. The van der Waals surface area contributed by atoms with Crippen molar-refractivity contribution in [3.05, 3.63) is 49.8 Å². The van der Waals surface area contributed by atoms with E-state index in [2.05, 4.69) is 9.98 Å². The Morgan fingerprint density at radius 3 is 3.12 bits per heavy atom. The quantitative estimate of drug-likeness (QED) is 0.680.